The van der Waals surface area contributed by atoms with Gasteiger partial charge in [-0.1, -0.05) is 12.1 Å². The predicted molar refractivity (Wildman–Crippen MR) is 80.1 cm³/mol. The van der Waals surface area contributed by atoms with Gasteiger partial charge in [-0.2, -0.15) is 5.10 Å². The smallest absolute Gasteiger partial charge is 0.272 e. The highest BCUT2D eigenvalue weighted by molar-refractivity contribution is 5.98. The standard InChI is InChI=1S/C15H18N4O2/c1-10-5-4-6-12(7-10)17-14(20)9-16-15(21)13-8-11(2)19(3)18-13/h4-8H,9H2,1-3H3,(H,16,21)(H,17,20). The van der Waals surface area contributed by atoms with E-state index in [2.05, 4.69) is 15.7 Å². The molecule has 0 aliphatic carbocycles. The molecule has 1 aromatic carbocycles. The van der Waals surface area contributed by atoms with Gasteiger partial charge in [-0.3, -0.25) is 14.3 Å². The zero-order valence-electron chi connectivity index (χ0n) is 12.3. The first-order chi connectivity index (χ1) is 9.95. The van der Waals surface area contributed by atoms with E-state index in [1.54, 1.807) is 23.9 Å². The largest absolute Gasteiger partial charge is 0.342 e. The molecule has 1 aromatic heterocycles. The van der Waals surface area contributed by atoms with E-state index in [-0.39, 0.29) is 18.4 Å². The summed E-state index contributed by atoms with van der Waals surface area (Å²) in [6, 6.07) is 9.14. The third-order valence-electron chi connectivity index (χ3n) is 3.06. The number of hydrogen-bond donors (Lipinski definition) is 2. The Kier molecular flexibility index (Phi) is 4.37. The summed E-state index contributed by atoms with van der Waals surface area (Å²) >= 11 is 0. The third kappa shape index (κ3) is 3.92. The molecule has 2 rings (SSSR count). The van der Waals surface area contributed by atoms with E-state index in [0.717, 1.165) is 11.3 Å². The van der Waals surface area contributed by atoms with Gasteiger partial charge in [0.25, 0.3) is 5.91 Å². The molecular weight excluding hydrogens is 268 g/mol. The molecule has 0 atom stereocenters. The Morgan fingerprint density at radius 1 is 1.24 bits per heavy atom. The van der Waals surface area contributed by atoms with E-state index in [1.807, 2.05) is 32.0 Å². The summed E-state index contributed by atoms with van der Waals surface area (Å²) in [4.78, 5) is 23.6. The SMILES string of the molecule is Cc1cccc(NC(=O)CNC(=O)c2cc(C)n(C)n2)c1. The van der Waals surface area contributed by atoms with Gasteiger partial charge in [0.15, 0.2) is 0 Å². The van der Waals surface area contributed by atoms with Crippen LogP contribution in [0.5, 0.6) is 0 Å². The molecule has 21 heavy (non-hydrogen) atoms. The summed E-state index contributed by atoms with van der Waals surface area (Å²) < 4.78 is 1.61. The van der Waals surface area contributed by atoms with Crippen molar-refractivity contribution < 1.29 is 9.59 Å². The van der Waals surface area contributed by atoms with Gasteiger partial charge in [-0.15, -0.1) is 0 Å². The van der Waals surface area contributed by atoms with Crippen LogP contribution in [-0.4, -0.2) is 28.1 Å². The highest BCUT2D eigenvalue weighted by Gasteiger charge is 2.12. The lowest BCUT2D eigenvalue weighted by Crippen LogP contribution is -2.33. The van der Waals surface area contributed by atoms with Crippen molar-refractivity contribution in [2.75, 3.05) is 11.9 Å². The van der Waals surface area contributed by atoms with Crippen molar-refractivity contribution in [1.82, 2.24) is 15.1 Å². The van der Waals surface area contributed by atoms with Crippen LogP contribution in [0.1, 0.15) is 21.7 Å². The molecule has 6 heteroatoms. The van der Waals surface area contributed by atoms with Crippen LogP contribution in [0, 0.1) is 13.8 Å². The Balaban J connectivity index is 1.88. The minimum Gasteiger partial charge on any atom is -0.342 e. The topological polar surface area (TPSA) is 76.0 Å². The Morgan fingerprint density at radius 2 is 2.00 bits per heavy atom. The summed E-state index contributed by atoms with van der Waals surface area (Å²) in [5.41, 5.74) is 2.95. The predicted octanol–water partition coefficient (Wildman–Crippen LogP) is 1.41. The number of carbonyl (C=O) groups is 2. The maximum absolute atomic E-state index is 11.9. The summed E-state index contributed by atoms with van der Waals surface area (Å²) in [5.74, 6) is -0.639. The van der Waals surface area contributed by atoms with Crippen LogP contribution >= 0.6 is 0 Å². The molecule has 0 aliphatic heterocycles. The van der Waals surface area contributed by atoms with Crippen molar-refractivity contribution in [3.05, 3.63) is 47.3 Å². The number of hydrogen-bond acceptors (Lipinski definition) is 3. The molecule has 0 bridgehead atoms. The second-order valence-electron chi connectivity index (χ2n) is 4.89. The number of nitrogens with zero attached hydrogens (tertiary/aromatic N) is 2. The number of carbonyl (C=O) groups excluding carboxylic acids is 2. The average Bonchev–Trinajstić information content (AvgIpc) is 2.76. The van der Waals surface area contributed by atoms with Gasteiger partial charge < -0.3 is 10.6 Å². The molecule has 0 spiro atoms. The van der Waals surface area contributed by atoms with E-state index < -0.39 is 0 Å². The summed E-state index contributed by atoms with van der Waals surface area (Å²) in [7, 11) is 1.76. The van der Waals surface area contributed by atoms with Crippen molar-refractivity contribution in [3.63, 3.8) is 0 Å². The number of rotatable bonds is 4. The monoisotopic (exact) mass is 286 g/mol. The van der Waals surface area contributed by atoms with E-state index in [4.69, 9.17) is 0 Å². The van der Waals surface area contributed by atoms with Crippen LogP contribution in [0.15, 0.2) is 30.3 Å². The number of nitrogens with one attached hydrogen (secondary N) is 2. The second kappa shape index (κ2) is 6.21. The summed E-state index contributed by atoms with van der Waals surface area (Å²) in [5, 5.41) is 9.33. The van der Waals surface area contributed by atoms with Gasteiger partial charge in [-0.05, 0) is 37.6 Å². The minimum atomic E-state index is -0.363. The first-order valence-electron chi connectivity index (χ1n) is 6.61. The van der Waals surface area contributed by atoms with E-state index >= 15 is 0 Å². The second-order valence-corrected chi connectivity index (χ2v) is 4.89. The van der Waals surface area contributed by atoms with Gasteiger partial charge in [0.1, 0.15) is 5.69 Å². The van der Waals surface area contributed by atoms with Crippen LogP contribution in [0.4, 0.5) is 5.69 Å². The van der Waals surface area contributed by atoms with Gasteiger partial charge in [0.2, 0.25) is 5.91 Å². The van der Waals surface area contributed by atoms with Crippen molar-refractivity contribution in [2.45, 2.75) is 13.8 Å². The van der Waals surface area contributed by atoms with Crippen LogP contribution < -0.4 is 10.6 Å². The molecule has 0 radical (unpaired) electrons. The quantitative estimate of drug-likeness (QED) is 0.892. The highest BCUT2D eigenvalue weighted by Crippen LogP contribution is 2.09. The van der Waals surface area contributed by atoms with Gasteiger partial charge in [0, 0.05) is 18.4 Å². The average molecular weight is 286 g/mol. The molecule has 0 aliphatic rings. The van der Waals surface area contributed by atoms with Gasteiger partial charge in [0.05, 0.1) is 6.54 Å². The lowest BCUT2D eigenvalue weighted by Gasteiger charge is -2.06. The molecule has 2 aromatic rings. The first kappa shape index (κ1) is 14.8. The Hall–Kier alpha value is -2.63. The molecule has 0 saturated heterocycles. The maximum Gasteiger partial charge on any atom is 0.272 e. The fourth-order valence-electron chi connectivity index (χ4n) is 1.85. The summed E-state index contributed by atoms with van der Waals surface area (Å²) in [6.45, 7) is 3.71. The van der Waals surface area contributed by atoms with Gasteiger partial charge in [-0.25, -0.2) is 0 Å². The molecular formula is C15H18N4O2. The zero-order valence-corrected chi connectivity index (χ0v) is 12.3. The summed E-state index contributed by atoms with van der Waals surface area (Å²) in [6.07, 6.45) is 0. The van der Waals surface area contributed by atoms with Gasteiger partial charge >= 0.3 is 0 Å². The van der Waals surface area contributed by atoms with Crippen LogP contribution in [-0.2, 0) is 11.8 Å². The molecule has 2 amide bonds. The lowest BCUT2D eigenvalue weighted by molar-refractivity contribution is -0.115. The number of aryl methyl sites for hydroxylation is 3. The molecule has 110 valence electrons. The number of benzene rings is 1. The van der Waals surface area contributed by atoms with Crippen molar-refractivity contribution in [1.29, 1.82) is 0 Å². The fourth-order valence-corrected chi connectivity index (χ4v) is 1.85. The number of aromatic nitrogens is 2. The third-order valence-corrected chi connectivity index (χ3v) is 3.06. The lowest BCUT2D eigenvalue weighted by atomic mass is 10.2. The van der Waals surface area contributed by atoms with E-state index in [9.17, 15) is 9.59 Å². The molecule has 0 saturated carbocycles. The number of anilines is 1. The molecule has 6 nitrogen and oxygen atoms in total. The first-order valence-corrected chi connectivity index (χ1v) is 6.61. The Bertz CT molecular complexity index is 657. The fraction of sp³-hybridized carbons (Fsp3) is 0.267. The van der Waals surface area contributed by atoms with Crippen LogP contribution in [0.2, 0.25) is 0 Å². The maximum atomic E-state index is 11.9. The van der Waals surface area contributed by atoms with Crippen LogP contribution in [0.25, 0.3) is 0 Å². The zero-order chi connectivity index (χ0) is 15.4. The Morgan fingerprint density at radius 3 is 2.62 bits per heavy atom. The normalized spacial score (nSPS) is 10.2. The molecule has 0 unspecified atom stereocenters. The van der Waals surface area contributed by atoms with Crippen LogP contribution in [0.3, 0.4) is 0 Å². The molecule has 0 fully saturated rings. The Labute approximate surface area is 123 Å². The molecule has 1 heterocycles. The highest BCUT2D eigenvalue weighted by atomic mass is 16.2. The van der Waals surface area contributed by atoms with E-state index in [1.165, 1.54) is 0 Å². The van der Waals surface area contributed by atoms with Crippen molar-refractivity contribution >= 4 is 17.5 Å². The molecule has 2 N–H and O–H groups in total. The minimum absolute atomic E-state index is 0.0948. The number of amides is 2. The van der Waals surface area contributed by atoms with Crippen molar-refractivity contribution in [2.24, 2.45) is 7.05 Å². The van der Waals surface area contributed by atoms with E-state index in [0.29, 0.717) is 11.4 Å². The van der Waals surface area contributed by atoms with Crippen molar-refractivity contribution in [3.8, 4) is 0 Å².